The SMILES string of the molecule is CC(c1ccc(CC(=O)Nc2cc(Cl)c(C3(c4noc(-c5ccc(F)cc5Cl)n4)CC3)c(Cl)c2)nc1)S(=O)O. The number of hydrogen-bond donors (Lipinski definition) is 2. The Morgan fingerprint density at radius 1 is 1.15 bits per heavy atom. The molecule has 39 heavy (non-hydrogen) atoms. The van der Waals surface area contributed by atoms with E-state index in [9.17, 15) is 17.9 Å². The zero-order valence-corrected chi connectivity index (χ0v) is 23.3. The van der Waals surface area contributed by atoms with Crippen LogP contribution in [0.25, 0.3) is 11.5 Å². The lowest BCUT2D eigenvalue weighted by atomic mass is 9.94. The van der Waals surface area contributed by atoms with Crippen molar-refractivity contribution in [1.29, 1.82) is 0 Å². The molecule has 1 fully saturated rings. The second-order valence-corrected chi connectivity index (χ2v) is 11.7. The standard InChI is InChI=1S/C26H20Cl3FN4O4S/c1-13(39(36)37)14-2-4-16(31-12-14)11-22(35)32-17-9-20(28)23(21(29)10-17)26(6-7-26)25-33-24(38-34-25)18-5-3-15(30)8-19(18)27/h2-5,8-10,12-13H,6-7,11H2,1H3,(H,32,35)(H,36,37). The fourth-order valence-electron chi connectivity index (χ4n) is 4.27. The summed E-state index contributed by atoms with van der Waals surface area (Å²) in [5.41, 5.74) is 1.86. The minimum atomic E-state index is -2.01. The zero-order chi connectivity index (χ0) is 27.9. The summed E-state index contributed by atoms with van der Waals surface area (Å²) in [6.45, 7) is 1.61. The number of nitrogens with one attached hydrogen (secondary N) is 1. The molecular formula is C26H20Cl3FN4O4S. The second kappa shape index (κ2) is 10.9. The molecule has 2 N–H and O–H groups in total. The van der Waals surface area contributed by atoms with Crippen molar-refractivity contribution < 1.29 is 22.5 Å². The summed E-state index contributed by atoms with van der Waals surface area (Å²) in [5.74, 6) is -0.284. The maximum absolute atomic E-state index is 13.4. The lowest BCUT2D eigenvalue weighted by Gasteiger charge is -2.17. The van der Waals surface area contributed by atoms with E-state index >= 15 is 0 Å². The molecule has 4 aromatic rings. The first-order valence-corrected chi connectivity index (χ1v) is 14.0. The molecule has 0 spiro atoms. The minimum Gasteiger partial charge on any atom is -0.334 e. The summed E-state index contributed by atoms with van der Waals surface area (Å²) >= 11 is 17.4. The maximum atomic E-state index is 13.4. The molecule has 0 saturated heterocycles. The molecule has 1 amide bonds. The number of nitrogens with zero attached hydrogens (tertiary/aromatic N) is 3. The van der Waals surface area contributed by atoms with Crippen LogP contribution in [0.5, 0.6) is 0 Å². The van der Waals surface area contributed by atoms with Crippen molar-refractivity contribution >= 4 is 57.5 Å². The minimum absolute atomic E-state index is 0.0185. The highest BCUT2D eigenvalue weighted by molar-refractivity contribution is 7.79. The van der Waals surface area contributed by atoms with Crippen LogP contribution in [0, 0.1) is 5.82 Å². The van der Waals surface area contributed by atoms with Crippen LogP contribution in [0.15, 0.2) is 53.2 Å². The first-order chi connectivity index (χ1) is 18.6. The highest BCUT2D eigenvalue weighted by Gasteiger charge is 2.52. The highest BCUT2D eigenvalue weighted by atomic mass is 35.5. The number of pyridine rings is 1. The van der Waals surface area contributed by atoms with E-state index in [2.05, 4.69) is 20.4 Å². The van der Waals surface area contributed by atoms with E-state index in [-0.39, 0.29) is 23.2 Å². The molecule has 2 aromatic heterocycles. The lowest BCUT2D eigenvalue weighted by molar-refractivity contribution is -0.115. The van der Waals surface area contributed by atoms with Gasteiger partial charge < -0.3 is 14.4 Å². The van der Waals surface area contributed by atoms with Crippen LogP contribution < -0.4 is 5.32 Å². The average molecular weight is 610 g/mol. The van der Waals surface area contributed by atoms with E-state index in [1.807, 2.05) is 0 Å². The topological polar surface area (TPSA) is 118 Å². The zero-order valence-electron chi connectivity index (χ0n) is 20.3. The van der Waals surface area contributed by atoms with E-state index in [0.717, 1.165) is 0 Å². The van der Waals surface area contributed by atoms with Gasteiger partial charge >= 0.3 is 0 Å². The van der Waals surface area contributed by atoms with Gasteiger partial charge in [-0.25, -0.2) is 8.60 Å². The third-order valence-corrected chi connectivity index (χ3v) is 8.32. The Kier molecular flexibility index (Phi) is 7.76. The summed E-state index contributed by atoms with van der Waals surface area (Å²) in [7, 11) is 0. The fourth-order valence-corrected chi connectivity index (χ4v) is 5.74. The van der Waals surface area contributed by atoms with Crippen molar-refractivity contribution in [3.8, 4) is 11.5 Å². The first kappa shape index (κ1) is 27.7. The Morgan fingerprint density at radius 2 is 1.87 bits per heavy atom. The Balaban J connectivity index is 1.32. The molecule has 8 nitrogen and oxygen atoms in total. The number of halogens is 4. The Hall–Kier alpha value is -2.89. The maximum Gasteiger partial charge on any atom is 0.259 e. The van der Waals surface area contributed by atoms with E-state index in [4.69, 9.17) is 39.3 Å². The number of aromatic nitrogens is 3. The molecule has 2 atom stereocenters. The van der Waals surface area contributed by atoms with Crippen LogP contribution in [0.2, 0.25) is 15.1 Å². The number of benzene rings is 2. The molecule has 1 aliphatic carbocycles. The average Bonchev–Trinajstić information content (AvgIpc) is 3.50. The second-order valence-electron chi connectivity index (χ2n) is 9.17. The normalized spacial score (nSPS) is 15.5. The Bertz CT molecular complexity index is 1570. The fraction of sp³-hybridized carbons (Fsp3) is 0.231. The Labute approximate surface area is 240 Å². The van der Waals surface area contributed by atoms with Gasteiger partial charge in [-0.15, -0.1) is 0 Å². The van der Waals surface area contributed by atoms with Crippen molar-refractivity contribution in [3.05, 3.63) is 92.2 Å². The van der Waals surface area contributed by atoms with Crippen molar-refractivity contribution in [2.45, 2.75) is 36.9 Å². The van der Waals surface area contributed by atoms with Gasteiger partial charge in [-0.2, -0.15) is 4.98 Å². The summed E-state index contributed by atoms with van der Waals surface area (Å²) in [6.07, 6.45) is 2.82. The summed E-state index contributed by atoms with van der Waals surface area (Å²) < 4.78 is 39.3. The van der Waals surface area contributed by atoms with Crippen molar-refractivity contribution in [2.24, 2.45) is 0 Å². The molecule has 2 heterocycles. The summed E-state index contributed by atoms with van der Waals surface area (Å²) in [4.78, 5) is 21.4. The van der Waals surface area contributed by atoms with Crippen LogP contribution in [0.1, 0.15) is 47.7 Å². The van der Waals surface area contributed by atoms with Gasteiger partial charge in [0.15, 0.2) is 16.9 Å². The number of hydrogen-bond acceptors (Lipinski definition) is 6. The van der Waals surface area contributed by atoms with Crippen LogP contribution >= 0.6 is 34.8 Å². The molecule has 202 valence electrons. The van der Waals surface area contributed by atoms with E-state index < -0.39 is 27.6 Å². The summed E-state index contributed by atoms with van der Waals surface area (Å²) in [6, 6.07) is 10.4. The molecule has 2 unspecified atom stereocenters. The van der Waals surface area contributed by atoms with Gasteiger partial charge in [-0.3, -0.25) is 9.78 Å². The van der Waals surface area contributed by atoms with Gasteiger partial charge in [0.05, 0.1) is 27.7 Å². The largest absolute Gasteiger partial charge is 0.334 e. The van der Waals surface area contributed by atoms with E-state index in [0.29, 0.717) is 56.8 Å². The van der Waals surface area contributed by atoms with Crippen molar-refractivity contribution in [2.75, 3.05) is 5.32 Å². The predicted molar refractivity (Wildman–Crippen MR) is 147 cm³/mol. The lowest BCUT2D eigenvalue weighted by Crippen LogP contribution is -2.17. The van der Waals surface area contributed by atoms with E-state index in [1.165, 1.54) is 24.4 Å². The predicted octanol–water partition coefficient (Wildman–Crippen LogP) is 6.77. The molecule has 0 aliphatic heterocycles. The third kappa shape index (κ3) is 5.71. The van der Waals surface area contributed by atoms with Crippen molar-refractivity contribution in [3.63, 3.8) is 0 Å². The van der Waals surface area contributed by atoms with E-state index in [1.54, 1.807) is 31.2 Å². The van der Waals surface area contributed by atoms with Gasteiger partial charge in [0.1, 0.15) is 5.82 Å². The third-order valence-electron chi connectivity index (χ3n) is 6.53. The number of carbonyl (C=O) groups excluding carboxylic acids is 1. The quantitative estimate of drug-likeness (QED) is 0.212. The molecule has 5 rings (SSSR count). The highest BCUT2D eigenvalue weighted by Crippen LogP contribution is 2.57. The van der Waals surface area contributed by atoms with Crippen LogP contribution in [0.3, 0.4) is 0 Å². The van der Waals surface area contributed by atoms with Crippen molar-refractivity contribution in [1.82, 2.24) is 15.1 Å². The first-order valence-electron chi connectivity index (χ1n) is 11.7. The van der Waals surface area contributed by atoms with Crippen LogP contribution in [-0.2, 0) is 27.7 Å². The van der Waals surface area contributed by atoms with Gasteiger partial charge in [0.25, 0.3) is 5.89 Å². The van der Waals surface area contributed by atoms with Gasteiger partial charge in [-0.1, -0.05) is 46.0 Å². The van der Waals surface area contributed by atoms with Gasteiger partial charge in [-0.05, 0) is 61.7 Å². The number of amides is 1. The molecular weight excluding hydrogens is 590 g/mol. The Morgan fingerprint density at radius 3 is 2.46 bits per heavy atom. The summed E-state index contributed by atoms with van der Waals surface area (Å²) in [5, 5.41) is 7.12. The molecule has 0 bridgehead atoms. The van der Waals surface area contributed by atoms with Gasteiger partial charge in [0, 0.05) is 33.2 Å². The molecule has 13 heteroatoms. The molecule has 0 radical (unpaired) electrons. The van der Waals surface area contributed by atoms with Gasteiger partial charge in [0.2, 0.25) is 5.91 Å². The molecule has 1 saturated carbocycles. The molecule has 1 aliphatic rings. The number of rotatable bonds is 8. The smallest absolute Gasteiger partial charge is 0.259 e. The van der Waals surface area contributed by atoms with Crippen LogP contribution in [0.4, 0.5) is 10.1 Å². The molecule has 2 aromatic carbocycles. The monoisotopic (exact) mass is 608 g/mol. The van der Waals surface area contributed by atoms with Crippen LogP contribution in [-0.4, -0.2) is 29.8 Å². The number of carbonyl (C=O) groups is 1. The number of anilines is 1.